The Morgan fingerprint density at radius 3 is 2.02 bits per heavy atom. The van der Waals surface area contributed by atoms with Crippen LogP contribution in [0, 0.1) is 34.9 Å². The van der Waals surface area contributed by atoms with Crippen molar-refractivity contribution in [1.29, 1.82) is 0 Å². The molecule has 2 aliphatic carbocycles. The van der Waals surface area contributed by atoms with Crippen LogP contribution in [0.2, 0.25) is 0 Å². The molecule has 0 bridgehead atoms. The highest BCUT2D eigenvalue weighted by atomic mass is 19.4. The van der Waals surface area contributed by atoms with Gasteiger partial charge in [0.15, 0.2) is 11.6 Å². The molecule has 6 rings (SSSR count). The van der Waals surface area contributed by atoms with Gasteiger partial charge in [-0.2, -0.15) is 0 Å². The van der Waals surface area contributed by atoms with Crippen molar-refractivity contribution in [2.45, 2.75) is 65.2 Å². The van der Waals surface area contributed by atoms with Gasteiger partial charge in [-0.05, 0) is 102 Å². The number of ether oxygens (including phenoxy) is 3. The third kappa shape index (κ3) is 9.33. The Morgan fingerprint density at radius 1 is 0.722 bits per heavy atom. The molecular weight excluding hydrogens is 731 g/mol. The van der Waals surface area contributed by atoms with Crippen LogP contribution in [0.3, 0.4) is 0 Å². The minimum absolute atomic E-state index is 0.0806. The van der Waals surface area contributed by atoms with Crippen molar-refractivity contribution < 1.29 is 63.3 Å². The maximum atomic E-state index is 15.0. The number of esters is 2. The van der Waals surface area contributed by atoms with Crippen LogP contribution in [0.25, 0.3) is 34.1 Å². The highest BCUT2D eigenvalue weighted by molar-refractivity contribution is 5.81. The van der Waals surface area contributed by atoms with Crippen LogP contribution in [0.4, 0.5) is 39.5 Å². The fourth-order valence-electron chi connectivity index (χ4n) is 6.00. The number of hydrogen-bond acceptors (Lipinski definition) is 5. The molecule has 14 heteroatoms. The van der Waals surface area contributed by atoms with Crippen molar-refractivity contribution in [2.24, 2.45) is 0 Å². The van der Waals surface area contributed by atoms with Crippen LogP contribution in [0.15, 0.2) is 66.4 Å². The van der Waals surface area contributed by atoms with Gasteiger partial charge in [0.2, 0.25) is 0 Å². The average molecular weight is 763 g/mol. The molecular formula is C40H31F9O5. The molecule has 0 heterocycles. The topological polar surface area (TPSA) is 61.8 Å². The van der Waals surface area contributed by atoms with E-state index in [0.717, 1.165) is 61.0 Å². The largest absolute Gasteiger partial charge is 0.573 e. The average Bonchev–Trinajstić information content (AvgIpc) is 3.09. The molecule has 0 unspecified atom stereocenters. The van der Waals surface area contributed by atoms with Crippen LogP contribution >= 0.6 is 0 Å². The summed E-state index contributed by atoms with van der Waals surface area (Å²) in [5.41, 5.74) is 0.0956. The molecule has 2 aliphatic rings. The van der Waals surface area contributed by atoms with Gasteiger partial charge in [0.25, 0.3) is 0 Å². The van der Waals surface area contributed by atoms with Gasteiger partial charge in [0.05, 0.1) is 11.1 Å². The van der Waals surface area contributed by atoms with Crippen LogP contribution in [-0.4, -0.2) is 18.3 Å². The van der Waals surface area contributed by atoms with Crippen molar-refractivity contribution in [1.82, 2.24) is 0 Å². The quantitative estimate of drug-likeness (QED) is 0.132. The van der Waals surface area contributed by atoms with Crippen LogP contribution in [0.5, 0.6) is 5.75 Å². The monoisotopic (exact) mass is 762 g/mol. The predicted molar refractivity (Wildman–Crippen MR) is 180 cm³/mol. The molecule has 4 aromatic carbocycles. The number of allylic oxidation sites excluding steroid dienone is 2. The Hall–Kier alpha value is -5.53. The van der Waals surface area contributed by atoms with E-state index in [0.29, 0.717) is 18.6 Å². The summed E-state index contributed by atoms with van der Waals surface area (Å²) in [6, 6.07) is 9.16. The summed E-state index contributed by atoms with van der Waals surface area (Å²) in [5, 5.41) is 0. The minimum atomic E-state index is -4.85. The number of fused-ring (bicyclic) bond motifs is 2. The molecule has 0 aromatic heterocycles. The molecule has 0 saturated carbocycles. The van der Waals surface area contributed by atoms with Gasteiger partial charge in [0, 0.05) is 25.3 Å². The molecule has 0 saturated heterocycles. The fraction of sp³-hybridized carbons (Fsp3) is 0.250. The lowest BCUT2D eigenvalue weighted by Gasteiger charge is -2.20. The second-order valence-corrected chi connectivity index (χ2v) is 12.3. The normalized spacial score (nSPS) is 13.4. The number of benzene rings is 4. The summed E-state index contributed by atoms with van der Waals surface area (Å²) in [6.45, 7) is 3.17. The molecule has 5 nitrogen and oxygen atoms in total. The number of carbonyl (C=O) groups is 2. The fourth-order valence-corrected chi connectivity index (χ4v) is 6.00. The third-order valence-electron chi connectivity index (χ3n) is 8.42. The molecule has 0 amide bonds. The zero-order chi connectivity index (χ0) is 39.3. The van der Waals surface area contributed by atoms with E-state index in [4.69, 9.17) is 9.47 Å². The summed E-state index contributed by atoms with van der Waals surface area (Å²) >= 11 is 0. The lowest BCUT2D eigenvalue weighted by Crippen LogP contribution is -2.17. The Labute approximate surface area is 303 Å². The smallest absolute Gasteiger partial charge is 0.431 e. The van der Waals surface area contributed by atoms with E-state index in [1.54, 1.807) is 6.08 Å². The summed E-state index contributed by atoms with van der Waals surface area (Å²) < 4.78 is 136. The number of carbonyl (C=O) groups excluding carboxylic acids is 2. The Balaban J connectivity index is 0.000000208. The summed E-state index contributed by atoms with van der Waals surface area (Å²) in [5.74, 6) is -6.77. The van der Waals surface area contributed by atoms with Gasteiger partial charge >= 0.3 is 18.3 Å². The standard InChI is InChI=1S/C21H18F4O2.C19H13F5O3/c1-2-3-7-19(26)27-18-6-4-5-13-14(18)11-17(24)20(21(13)25)12-8-9-15(22)16(23)10-12;1-10(25)26-14-6-7-15-12(8-14)9-16(20)17(18(15)21)11-2-4-13(5-3-11)27-19(22,23)24/h6,8-11H,2-5,7H2,1H3;2-5,8-9H,6-7H2,1H3. The van der Waals surface area contributed by atoms with E-state index in [-0.39, 0.29) is 70.4 Å². The number of rotatable bonds is 8. The Kier molecular flexibility index (Phi) is 12.2. The summed E-state index contributed by atoms with van der Waals surface area (Å²) in [7, 11) is 0. The van der Waals surface area contributed by atoms with Gasteiger partial charge < -0.3 is 14.2 Å². The van der Waals surface area contributed by atoms with Crippen molar-refractivity contribution >= 4 is 23.8 Å². The number of hydrogen-bond donors (Lipinski definition) is 0. The van der Waals surface area contributed by atoms with Crippen LogP contribution < -0.4 is 4.74 Å². The molecule has 0 atom stereocenters. The first kappa shape index (κ1) is 39.7. The zero-order valence-corrected chi connectivity index (χ0v) is 28.7. The van der Waals surface area contributed by atoms with Crippen molar-refractivity contribution in [3.8, 4) is 28.0 Å². The molecule has 284 valence electrons. The van der Waals surface area contributed by atoms with Gasteiger partial charge in [-0.3, -0.25) is 9.59 Å². The molecule has 0 spiro atoms. The number of halogens is 9. The number of unbranched alkanes of at least 4 members (excludes halogenated alkanes) is 1. The maximum Gasteiger partial charge on any atom is 0.573 e. The SMILES string of the molecule is CC(=O)OC1=Cc2cc(F)c(-c3ccc(OC(F)(F)F)cc3)c(F)c2CC1.CCCCC(=O)OC1=CCCc2c1cc(F)c(-c1ccc(F)c(F)c1)c2F. The van der Waals surface area contributed by atoms with E-state index >= 15 is 4.39 Å². The van der Waals surface area contributed by atoms with Gasteiger partial charge in [-0.15, -0.1) is 13.2 Å². The Morgan fingerprint density at radius 2 is 1.37 bits per heavy atom. The molecule has 4 aromatic rings. The highest BCUT2D eigenvalue weighted by Crippen LogP contribution is 2.38. The van der Waals surface area contributed by atoms with Crippen molar-refractivity contribution in [2.75, 3.05) is 0 Å². The van der Waals surface area contributed by atoms with E-state index in [1.165, 1.54) is 13.0 Å². The second-order valence-electron chi connectivity index (χ2n) is 12.3. The predicted octanol–water partition coefficient (Wildman–Crippen LogP) is 11.3. The molecule has 0 fully saturated rings. The molecule has 0 N–H and O–H groups in total. The number of alkyl halides is 3. The van der Waals surface area contributed by atoms with Gasteiger partial charge in [-0.25, -0.2) is 26.3 Å². The first-order chi connectivity index (χ1) is 25.6. The minimum Gasteiger partial charge on any atom is -0.431 e. The molecule has 0 aliphatic heterocycles. The second kappa shape index (κ2) is 16.6. The van der Waals surface area contributed by atoms with Crippen LogP contribution in [0.1, 0.15) is 68.2 Å². The van der Waals surface area contributed by atoms with Gasteiger partial charge in [-0.1, -0.05) is 31.5 Å². The third-order valence-corrected chi connectivity index (χ3v) is 8.42. The summed E-state index contributed by atoms with van der Waals surface area (Å²) in [6.07, 6.45) is 1.06. The van der Waals surface area contributed by atoms with Crippen molar-refractivity contribution in [3.05, 3.63) is 124 Å². The molecule has 0 radical (unpaired) electrons. The maximum absolute atomic E-state index is 15.0. The highest BCUT2D eigenvalue weighted by Gasteiger charge is 2.31. The first-order valence-corrected chi connectivity index (χ1v) is 16.7. The van der Waals surface area contributed by atoms with Crippen LogP contribution in [-0.2, 0) is 31.9 Å². The van der Waals surface area contributed by atoms with E-state index in [1.807, 2.05) is 6.92 Å². The van der Waals surface area contributed by atoms with E-state index in [9.17, 15) is 44.7 Å². The van der Waals surface area contributed by atoms with Gasteiger partial charge in [0.1, 0.15) is 40.5 Å². The lowest BCUT2D eigenvalue weighted by atomic mass is 9.90. The van der Waals surface area contributed by atoms with E-state index in [2.05, 4.69) is 4.74 Å². The first-order valence-electron chi connectivity index (χ1n) is 16.7. The summed E-state index contributed by atoms with van der Waals surface area (Å²) in [4.78, 5) is 22.9. The van der Waals surface area contributed by atoms with E-state index < -0.39 is 64.5 Å². The molecule has 54 heavy (non-hydrogen) atoms. The van der Waals surface area contributed by atoms with Crippen molar-refractivity contribution in [3.63, 3.8) is 0 Å². The zero-order valence-electron chi connectivity index (χ0n) is 28.7. The lowest BCUT2D eigenvalue weighted by molar-refractivity contribution is -0.274. The Bertz CT molecular complexity index is 2140.